The van der Waals surface area contributed by atoms with Crippen molar-refractivity contribution in [3.63, 3.8) is 0 Å². The molecule has 0 amide bonds. The normalized spacial score (nSPS) is 11.5. The highest BCUT2D eigenvalue weighted by Gasteiger charge is 2.16. The van der Waals surface area contributed by atoms with E-state index in [-0.39, 0.29) is 5.92 Å². The molecule has 1 aromatic carbocycles. The fraction of sp³-hybridized carbons (Fsp3) is 0.294. The van der Waals surface area contributed by atoms with Crippen LogP contribution in [0.1, 0.15) is 12.8 Å². The summed E-state index contributed by atoms with van der Waals surface area (Å²) in [5, 5.41) is 27.1. The molecule has 1 aromatic heterocycles. The second kappa shape index (κ2) is 9.27. The third-order valence-electron chi connectivity index (χ3n) is 3.33. The summed E-state index contributed by atoms with van der Waals surface area (Å²) in [5.74, 6) is 1.20. The molecule has 24 heavy (non-hydrogen) atoms. The Morgan fingerprint density at radius 2 is 2.04 bits per heavy atom. The van der Waals surface area contributed by atoms with E-state index in [9.17, 15) is 5.26 Å². The summed E-state index contributed by atoms with van der Waals surface area (Å²) in [6, 6.07) is 12.2. The van der Waals surface area contributed by atoms with Gasteiger partial charge in [-0.1, -0.05) is 45.9 Å². The zero-order chi connectivity index (χ0) is 17.4. The minimum Gasteiger partial charge on any atom is -0.298 e. The van der Waals surface area contributed by atoms with Crippen molar-refractivity contribution in [3.8, 4) is 23.5 Å². The maximum absolute atomic E-state index is 9.18. The molecule has 2 rings (SSSR count). The zero-order valence-electron chi connectivity index (χ0n) is 13.0. The SMILES string of the molecule is C=CCn1c(SC[C@H](C#N)CCC#N)nnc1-c1ccc(Br)cc1. The molecule has 122 valence electrons. The van der Waals surface area contributed by atoms with Gasteiger partial charge in [0, 0.05) is 28.8 Å². The van der Waals surface area contributed by atoms with E-state index in [0.717, 1.165) is 21.0 Å². The van der Waals surface area contributed by atoms with Crippen molar-refractivity contribution >= 4 is 27.7 Å². The number of nitriles is 2. The number of thioether (sulfide) groups is 1. The van der Waals surface area contributed by atoms with E-state index in [4.69, 9.17) is 5.26 Å². The van der Waals surface area contributed by atoms with Gasteiger partial charge in [-0.3, -0.25) is 4.57 Å². The second-order valence-corrected chi connectivity index (χ2v) is 6.95. The Labute approximate surface area is 154 Å². The number of nitrogens with zero attached hydrogens (tertiary/aromatic N) is 5. The van der Waals surface area contributed by atoms with Crippen LogP contribution in [0, 0.1) is 28.6 Å². The summed E-state index contributed by atoms with van der Waals surface area (Å²) < 4.78 is 2.99. The average Bonchev–Trinajstić information content (AvgIpc) is 2.99. The quantitative estimate of drug-likeness (QED) is 0.482. The van der Waals surface area contributed by atoms with Crippen LogP contribution in [0.15, 0.2) is 46.5 Å². The van der Waals surface area contributed by atoms with Crippen LogP contribution >= 0.6 is 27.7 Å². The first-order valence-corrected chi connectivity index (χ1v) is 9.16. The van der Waals surface area contributed by atoms with Crippen LogP contribution in [0.2, 0.25) is 0 Å². The van der Waals surface area contributed by atoms with Gasteiger partial charge in [-0.2, -0.15) is 10.5 Å². The molecule has 0 aliphatic carbocycles. The summed E-state index contributed by atoms with van der Waals surface area (Å²) in [5.41, 5.74) is 0.973. The van der Waals surface area contributed by atoms with Crippen LogP contribution in [-0.2, 0) is 6.54 Å². The standard InChI is InChI=1S/C17H16BrN5S/c1-2-10-23-16(14-5-7-15(18)8-6-14)21-22-17(23)24-12-13(11-20)4-3-9-19/h2,5-8,13H,1,3-4,10,12H2/t13-/m0/s1. The predicted octanol–water partition coefficient (Wildman–Crippen LogP) is 4.43. The van der Waals surface area contributed by atoms with Gasteiger partial charge in [0.2, 0.25) is 0 Å². The number of hydrogen-bond donors (Lipinski definition) is 0. The summed E-state index contributed by atoms with van der Waals surface area (Å²) in [6.07, 6.45) is 2.77. The fourth-order valence-electron chi connectivity index (χ4n) is 2.10. The molecule has 1 heterocycles. The lowest BCUT2D eigenvalue weighted by Crippen LogP contribution is -2.04. The molecule has 5 nitrogen and oxygen atoms in total. The van der Waals surface area contributed by atoms with Crippen molar-refractivity contribution in [2.75, 3.05) is 5.75 Å². The highest BCUT2D eigenvalue weighted by molar-refractivity contribution is 9.10. The van der Waals surface area contributed by atoms with Crippen LogP contribution in [-0.4, -0.2) is 20.5 Å². The number of hydrogen-bond acceptors (Lipinski definition) is 5. The molecule has 2 aromatic rings. The van der Waals surface area contributed by atoms with Gasteiger partial charge in [0.15, 0.2) is 11.0 Å². The van der Waals surface area contributed by atoms with Gasteiger partial charge in [-0.15, -0.1) is 16.8 Å². The minimum atomic E-state index is -0.167. The predicted molar refractivity (Wildman–Crippen MR) is 98.0 cm³/mol. The Kier molecular flexibility index (Phi) is 7.05. The van der Waals surface area contributed by atoms with Crippen LogP contribution in [0.5, 0.6) is 0 Å². The van der Waals surface area contributed by atoms with Crippen molar-refractivity contribution in [3.05, 3.63) is 41.4 Å². The number of rotatable bonds is 8. The first kappa shape index (κ1) is 18.3. The van der Waals surface area contributed by atoms with Crippen LogP contribution in [0.4, 0.5) is 0 Å². The number of halogens is 1. The molecule has 0 radical (unpaired) electrons. The second-order valence-electron chi connectivity index (χ2n) is 5.05. The Bertz CT molecular complexity index is 770. The van der Waals surface area contributed by atoms with Crippen molar-refractivity contribution < 1.29 is 0 Å². The molecule has 0 fully saturated rings. The maximum atomic E-state index is 9.18. The average molecular weight is 402 g/mol. The van der Waals surface area contributed by atoms with E-state index < -0.39 is 0 Å². The van der Waals surface area contributed by atoms with Crippen molar-refractivity contribution in [2.45, 2.75) is 24.5 Å². The Morgan fingerprint density at radius 3 is 2.67 bits per heavy atom. The van der Waals surface area contributed by atoms with Gasteiger partial charge in [-0.05, 0) is 18.6 Å². The molecule has 7 heteroatoms. The number of aromatic nitrogens is 3. The van der Waals surface area contributed by atoms with Crippen molar-refractivity contribution in [1.82, 2.24) is 14.8 Å². The maximum Gasteiger partial charge on any atom is 0.191 e. The summed E-state index contributed by atoms with van der Waals surface area (Å²) in [6.45, 7) is 4.39. The van der Waals surface area contributed by atoms with Gasteiger partial charge in [-0.25, -0.2) is 0 Å². The topological polar surface area (TPSA) is 78.3 Å². The molecule has 0 bridgehead atoms. The van der Waals surface area contributed by atoms with E-state index >= 15 is 0 Å². The van der Waals surface area contributed by atoms with Crippen LogP contribution in [0.3, 0.4) is 0 Å². The molecule has 0 saturated heterocycles. The largest absolute Gasteiger partial charge is 0.298 e. The lowest BCUT2D eigenvalue weighted by Gasteiger charge is -2.09. The smallest absolute Gasteiger partial charge is 0.191 e. The van der Waals surface area contributed by atoms with E-state index in [2.05, 4.69) is 44.8 Å². The molecule has 0 unspecified atom stereocenters. The van der Waals surface area contributed by atoms with Gasteiger partial charge < -0.3 is 0 Å². The van der Waals surface area contributed by atoms with E-state index in [0.29, 0.717) is 25.1 Å². The van der Waals surface area contributed by atoms with Gasteiger partial charge in [0.1, 0.15) is 0 Å². The summed E-state index contributed by atoms with van der Waals surface area (Å²) in [7, 11) is 0. The highest BCUT2D eigenvalue weighted by Crippen LogP contribution is 2.27. The fourth-order valence-corrected chi connectivity index (χ4v) is 3.37. The molecule has 0 aliphatic heterocycles. The Morgan fingerprint density at radius 1 is 1.29 bits per heavy atom. The molecule has 1 atom stereocenters. The van der Waals surface area contributed by atoms with Crippen LogP contribution < -0.4 is 0 Å². The lowest BCUT2D eigenvalue weighted by molar-refractivity contribution is 0.679. The monoisotopic (exact) mass is 401 g/mol. The molecule has 0 saturated carbocycles. The molecule has 0 N–H and O–H groups in total. The van der Waals surface area contributed by atoms with Gasteiger partial charge in [0.25, 0.3) is 0 Å². The molecular weight excluding hydrogens is 386 g/mol. The summed E-state index contributed by atoms with van der Waals surface area (Å²) >= 11 is 4.91. The Balaban J connectivity index is 2.19. The van der Waals surface area contributed by atoms with Crippen molar-refractivity contribution in [2.24, 2.45) is 5.92 Å². The third kappa shape index (κ3) is 4.70. The number of allylic oxidation sites excluding steroid dienone is 1. The van der Waals surface area contributed by atoms with E-state index in [1.54, 1.807) is 6.08 Å². The molecule has 0 aliphatic rings. The first-order chi connectivity index (χ1) is 11.7. The first-order valence-electron chi connectivity index (χ1n) is 7.39. The van der Waals surface area contributed by atoms with E-state index in [1.165, 1.54) is 11.8 Å². The zero-order valence-corrected chi connectivity index (χ0v) is 15.4. The lowest BCUT2D eigenvalue weighted by atomic mass is 10.1. The summed E-state index contributed by atoms with van der Waals surface area (Å²) in [4.78, 5) is 0. The van der Waals surface area contributed by atoms with Crippen molar-refractivity contribution in [1.29, 1.82) is 10.5 Å². The number of benzene rings is 1. The van der Waals surface area contributed by atoms with E-state index in [1.807, 2.05) is 28.8 Å². The molecule has 0 spiro atoms. The Hall–Kier alpha value is -2.09. The van der Waals surface area contributed by atoms with Gasteiger partial charge in [0.05, 0.1) is 18.1 Å². The third-order valence-corrected chi connectivity index (χ3v) is 4.99. The molecular formula is C17H16BrN5S. The van der Waals surface area contributed by atoms with Gasteiger partial charge >= 0.3 is 0 Å². The minimum absolute atomic E-state index is 0.167. The van der Waals surface area contributed by atoms with Crippen LogP contribution in [0.25, 0.3) is 11.4 Å². The highest BCUT2D eigenvalue weighted by atomic mass is 79.9.